The van der Waals surface area contributed by atoms with Crippen LogP contribution in [0.3, 0.4) is 0 Å². The normalized spacial score (nSPS) is 9.40. The SMILES string of the molecule is Cc1cc(OC=O)nn1C. The lowest BCUT2D eigenvalue weighted by atomic mass is 10.5. The molecule has 0 spiro atoms. The molecule has 10 heavy (non-hydrogen) atoms. The van der Waals surface area contributed by atoms with Crippen molar-refractivity contribution in [3.8, 4) is 5.88 Å². The van der Waals surface area contributed by atoms with Crippen molar-refractivity contribution in [3.05, 3.63) is 11.8 Å². The fourth-order valence-electron chi connectivity index (χ4n) is 0.635. The Morgan fingerprint density at radius 2 is 2.50 bits per heavy atom. The molecule has 0 aromatic carbocycles. The van der Waals surface area contributed by atoms with Gasteiger partial charge < -0.3 is 4.74 Å². The van der Waals surface area contributed by atoms with Gasteiger partial charge in [-0.05, 0) is 6.92 Å². The van der Waals surface area contributed by atoms with Crippen molar-refractivity contribution in [2.45, 2.75) is 6.92 Å². The molecule has 4 nitrogen and oxygen atoms in total. The molecule has 0 atom stereocenters. The van der Waals surface area contributed by atoms with Gasteiger partial charge in [-0.3, -0.25) is 9.48 Å². The van der Waals surface area contributed by atoms with Crippen LogP contribution in [0, 0.1) is 6.92 Å². The van der Waals surface area contributed by atoms with Crippen molar-refractivity contribution >= 4 is 6.47 Å². The Bertz CT molecular complexity index is 222. The van der Waals surface area contributed by atoms with Gasteiger partial charge in [-0.2, -0.15) is 0 Å². The van der Waals surface area contributed by atoms with Crippen LogP contribution in [-0.4, -0.2) is 16.3 Å². The number of nitrogens with zero attached hydrogens (tertiary/aromatic N) is 2. The maximum absolute atomic E-state index is 9.82. The summed E-state index contributed by atoms with van der Waals surface area (Å²) in [6.45, 7) is 2.24. The topological polar surface area (TPSA) is 44.1 Å². The Labute approximate surface area is 58.4 Å². The zero-order valence-electron chi connectivity index (χ0n) is 5.87. The Hall–Kier alpha value is -1.32. The van der Waals surface area contributed by atoms with Gasteiger partial charge in [0.1, 0.15) is 0 Å². The van der Waals surface area contributed by atoms with Gasteiger partial charge in [0.15, 0.2) is 0 Å². The van der Waals surface area contributed by atoms with Gasteiger partial charge in [0.2, 0.25) is 5.88 Å². The zero-order valence-corrected chi connectivity index (χ0v) is 5.87. The number of aromatic nitrogens is 2. The zero-order chi connectivity index (χ0) is 7.56. The average Bonchev–Trinajstić information content (AvgIpc) is 2.14. The molecule has 54 valence electrons. The van der Waals surface area contributed by atoms with Crippen LogP contribution in [0.5, 0.6) is 5.88 Å². The van der Waals surface area contributed by atoms with E-state index in [4.69, 9.17) is 0 Å². The lowest BCUT2D eigenvalue weighted by molar-refractivity contribution is -0.120. The van der Waals surface area contributed by atoms with Crippen molar-refractivity contribution in [1.82, 2.24) is 9.78 Å². The maximum atomic E-state index is 9.82. The number of carbonyl (C=O) groups is 1. The average molecular weight is 140 g/mol. The summed E-state index contributed by atoms with van der Waals surface area (Å²) < 4.78 is 6.13. The number of carbonyl (C=O) groups excluding carboxylic acids is 1. The highest BCUT2D eigenvalue weighted by atomic mass is 16.5. The van der Waals surface area contributed by atoms with Crippen molar-refractivity contribution in [1.29, 1.82) is 0 Å². The summed E-state index contributed by atoms with van der Waals surface area (Å²) in [5.41, 5.74) is 0.955. The third-order valence-electron chi connectivity index (χ3n) is 1.26. The lowest BCUT2D eigenvalue weighted by Crippen LogP contribution is -1.93. The second-order valence-electron chi connectivity index (χ2n) is 1.96. The predicted molar refractivity (Wildman–Crippen MR) is 34.6 cm³/mol. The molecule has 0 aliphatic heterocycles. The fourth-order valence-corrected chi connectivity index (χ4v) is 0.635. The number of aryl methyl sites for hydroxylation is 2. The Kier molecular flexibility index (Phi) is 1.71. The first-order valence-electron chi connectivity index (χ1n) is 2.85. The molecule has 0 radical (unpaired) electrons. The number of hydrogen-bond acceptors (Lipinski definition) is 3. The fraction of sp³-hybridized carbons (Fsp3) is 0.333. The van der Waals surface area contributed by atoms with Crippen molar-refractivity contribution in [2.24, 2.45) is 7.05 Å². The van der Waals surface area contributed by atoms with Crippen LogP contribution in [-0.2, 0) is 11.8 Å². The molecule has 1 rings (SSSR count). The van der Waals surface area contributed by atoms with Crippen LogP contribution in [0.2, 0.25) is 0 Å². The lowest BCUT2D eigenvalue weighted by Gasteiger charge is -1.88. The monoisotopic (exact) mass is 140 g/mol. The smallest absolute Gasteiger partial charge is 0.299 e. The highest BCUT2D eigenvalue weighted by molar-refractivity contribution is 5.42. The molecule has 1 aromatic rings. The molecule has 0 fully saturated rings. The minimum Gasteiger partial charge on any atom is -0.408 e. The quantitative estimate of drug-likeness (QED) is 0.553. The van der Waals surface area contributed by atoms with E-state index in [0.717, 1.165) is 5.69 Å². The minimum atomic E-state index is 0.343. The molecule has 0 aliphatic carbocycles. The van der Waals surface area contributed by atoms with Gasteiger partial charge in [0, 0.05) is 18.8 Å². The van der Waals surface area contributed by atoms with Gasteiger partial charge in [-0.15, -0.1) is 5.10 Å². The summed E-state index contributed by atoms with van der Waals surface area (Å²) in [4.78, 5) is 9.82. The summed E-state index contributed by atoms with van der Waals surface area (Å²) in [6, 6.07) is 1.69. The van der Waals surface area contributed by atoms with Gasteiger partial charge in [-0.1, -0.05) is 0 Å². The van der Waals surface area contributed by atoms with E-state index in [2.05, 4.69) is 9.84 Å². The molecular formula is C6H8N2O2. The first kappa shape index (κ1) is 6.80. The van der Waals surface area contributed by atoms with E-state index in [1.165, 1.54) is 0 Å². The first-order chi connectivity index (χ1) is 4.74. The predicted octanol–water partition coefficient (Wildman–Crippen LogP) is 0.264. The molecule has 0 unspecified atom stereocenters. The molecule has 1 aromatic heterocycles. The molecule has 0 bridgehead atoms. The summed E-state index contributed by atoms with van der Waals surface area (Å²) in [5.74, 6) is 0.343. The highest BCUT2D eigenvalue weighted by Crippen LogP contribution is 2.07. The molecular weight excluding hydrogens is 132 g/mol. The molecule has 1 heterocycles. The van der Waals surface area contributed by atoms with Crippen LogP contribution < -0.4 is 4.74 Å². The summed E-state index contributed by atoms with van der Waals surface area (Å²) >= 11 is 0. The van der Waals surface area contributed by atoms with E-state index >= 15 is 0 Å². The first-order valence-corrected chi connectivity index (χ1v) is 2.85. The molecule has 0 saturated heterocycles. The number of rotatable bonds is 2. The third-order valence-corrected chi connectivity index (χ3v) is 1.26. The van der Waals surface area contributed by atoms with Crippen molar-refractivity contribution in [2.75, 3.05) is 0 Å². The summed E-state index contributed by atoms with van der Waals surface area (Å²) in [6.07, 6.45) is 0. The summed E-state index contributed by atoms with van der Waals surface area (Å²) in [5, 5.41) is 3.86. The molecule has 4 heteroatoms. The Morgan fingerprint density at radius 3 is 2.90 bits per heavy atom. The van der Waals surface area contributed by atoms with Crippen LogP contribution in [0.25, 0.3) is 0 Å². The van der Waals surface area contributed by atoms with Gasteiger partial charge in [-0.25, -0.2) is 0 Å². The van der Waals surface area contributed by atoms with Crippen LogP contribution in [0.15, 0.2) is 6.07 Å². The van der Waals surface area contributed by atoms with Crippen LogP contribution in [0.1, 0.15) is 5.69 Å². The second kappa shape index (κ2) is 2.51. The molecule has 0 aliphatic rings. The van der Waals surface area contributed by atoms with Crippen molar-refractivity contribution in [3.63, 3.8) is 0 Å². The molecule has 0 saturated carbocycles. The largest absolute Gasteiger partial charge is 0.408 e. The van der Waals surface area contributed by atoms with Crippen molar-refractivity contribution < 1.29 is 9.53 Å². The van der Waals surface area contributed by atoms with Gasteiger partial charge in [0.05, 0.1) is 0 Å². The maximum Gasteiger partial charge on any atom is 0.299 e. The van der Waals surface area contributed by atoms with E-state index in [-0.39, 0.29) is 0 Å². The van der Waals surface area contributed by atoms with E-state index in [0.29, 0.717) is 12.4 Å². The third kappa shape index (κ3) is 1.15. The minimum absolute atomic E-state index is 0.343. The van der Waals surface area contributed by atoms with Crippen LogP contribution in [0.4, 0.5) is 0 Å². The Morgan fingerprint density at radius 1 is 1.80 bits per heavy atom. The van der Waals surface area contributed by atoms with E-state index in [1.807, 2.05) is 6.92 Å². The molecule has 0 amide bonds. The second-order valence-corrected chi connectivity index (χ2v) is 1.96. The number of ether oxygens (including phenoxy) is 1. The van der Waals surface area contributed by atoms with E-state index < -0.39 is 0 Å². The van der Waals surface area contributed by atoms with E-state index in [9.17, 15) is 4.79 Å². The Balaban J connectivity index is 2.86. The standard InChI is InChI=1S/C6H8N2O2/c1-5-3-6(10-4-9)7-8(5)2/h3-4H,1-2H3. The van der Waals surface area contributed by atoms with Crippen LogP contribution >= 0.6 is 0 Å². The summed E-state index contributed by atoms with van der Waals surface area (Å²) in [7, 11) is 1.78. The number of hydrogen-bond donors (Lipinski definition) is 0. The van der Waals surface area contributed by atoms with Gasteiger partial charge in [0.25, 0.3) is 6.47 Å². The van der Waals surface area contributed by atoms with Gasteiger partial charge >= 0.3 is 0 Å². The molecule has 0 N–H and O–H groups in total. The highest BCUT2D eigenvalue weighted by Gasteiger charge is 1.99. The van der Waals surface area contributed by atoms with E-state index in [1.54, 1.807) is 17.8 Å².